The van der Waals surface area contributed by atoms with Crippen LogP contribution in [0.5, 0.6) is 0 Å². The van der Waals surface area contributed by atoms with Crippen molar-refractivity contribution < 1.29 is 38.9 Å². The predicted molar refractivity (Wildman–Crippen MR) is 22.1 cm³/mol. The van der Waals surface area contributed by atoms with Crippen LogP contribution >= 0.6 is 0 Å². The maximum Gasteiger partial charge on any atom is 0.537 e. The Morgan fingerprint density at radius 3 is 1.33 bits per heavy atom. The minimum atomic E-state index is -6.58. The van der Waals surface area contributed by atoms with E-state index in [-0.39, 0.29) is 0 Å². The zero-order valence-electron chi connectivity index (χ0n) is 4.90. The summed E-state index contributed by atoms with van der Waals surface area (Å²) in [5.41, 5.74) is -6.07. The third-order valence-electron chi connectivity index (χ3n) is 0.488. The Morgan fingerprint density at radius 2 is 1.25 bits per heavy atom. The SMILES string of the molecule is O=S(=O)(OC(F)(F)F)C(F)(F)F. The van der Waals surface area contributed by atoms with Crippen LogP contribution in [0, 0.1) is 0 Å². The Kier molecular flexibility index (Phi) is 2.65. The van der Waals surface area contributed by atoms with E-state index in [1.807, 2.05) is 4.18 Å². The molecule has 12 heavy (non-hydrogen) atoms. The first kappa shape index (κ1) is 11.5. The Morgan fingerprint density at radius 1 is 0.917 bits per heavy atom. The molecule has 0 aliphatic carbocycles. The molecule has 3 nitrogen and oxygen atoms in total. The highest BCUT2D eigenvalue weighted by molar-refractivity contribution is 7.87. The fourth-order valence-corrected chi connectivity index (χ4v) is 0.515. The van der Waals surface area contributed by atoms with Crippen LogP contribution in [0.25, 0.3) is 0 Å². The van der Waals surface area contributed by atoms with Gasteiger partial charge in [0, 0.05) is 0 Å². The molecule has 0 atom stereocenters. The average Bonchev–Trinajstić information content (AvgIpc) is 1.52. The van der Waals surface area contributed by atoms with Gasteiger partial charge in [0.25, 0.3) is 0 Å². The predicted octanol–water partition coefficient (Wildman–Crippen LogP) is 1.37. The topological polar surface area (TPSA) is 43.4 Å². The third kappa shape index (κ3) is 3.26. The first-order chi connectivity index (χ1) is 4.96. The quantitative estimate of drug-likeness (QED) is 0.379. The van der Waals surface area contributed by atoms with Crippen molar-refractivity contribution in [3.05, 3.63) is 0 Å². The lowest BCUT2D eigenvalue weighted by Crippen LogP contribution is -2.31. The smallest absolute Gasteiger partial charge is 0.189 e. The Hall–Kier alpha value is -0.510. The summed E-state index contributed by atoms with van der Waals surface area (Å²) in [7, 11) is -6.58. The van der Waals surface area contributed by atoms with Crippen molar-refractivity contribution in [2.24, 2.45) is 0 Å². The standard InChI is InChI=1S/C2F6O3S/c3-1(4,5)11-12(9,10)2(6,7)8. The fourth-order valence-electron chi connectivity index (χ4n) is 0.172. The number of alkyl halides is 6. The number of halogens is 6. The van der Waals surface area contributed by atoms with Crippen LogP contribution in [0.1, 0.15) is 0 Å². The van der Waals surface area contributed by atoms with E-state index in [1.165, 1.54) is 0 Å². The number of hydrogen-bond acceptors (Lipinski definition) is 3. The Labute approximate surface area is 62.0 Å². The van der Waals surface area contributed by atoms with E-state index >= 15 is 0 Å². The molecule has 0 rings (SSSR count). The summed E-state index contributed by atoms with van der Waals surface area (Å²) in [5.74, 6) is 0. The molecule has 0 aromatic heterocycles. The van der Waals surface area contributed by atoms with Gasteiger partial charge >= 0.3 is 22.0 Å². The molecule has 0 saturated heterocycles. The van der Waals surface area contributed by atoms with Gasteiger partial charge in [-0.05, 0) is 0 Å². The van der Waals surface area contributed by atoms with E-state index in [1.54, 1.807) is 0 Å². The highest BCUT2D eigenvalue weighted by Crippen LogP contribution is 2.30. The molecule has 0 unspecified atom stereocenters. The zero-order valence-corrected chi connectivity index (χ0v) is 5.72. The van der Waals surface area contributed by atoms with E-state index in [4.69, 9.17) is 0 Å². The van der Waals surface area contributed by atoms with Crippen molar-refractivity contribution in [2.45, 2.75) is 11.9 Å². The lowest BCUT2D eigenvalue weighted by Gasteiger charge is -2.09. The van der Waals surface area contributed by atoms with Gasteiger partial charge in [-0.2, -0.15) is 25.8 Å². The molecule has 0 N–H and O–H groups in total. The van der Waals surface area contributed by atoms with E-state index in [2.05, 4.69) is 0 Å². The van der Waals surface area contributed by atoms with Gasteiger partial charge in [0.15, 0.2) is 0 Å². The first-order valence-electron chi connectivity index (χ1n) is 2.04. The van der Waals surface area contributed by atoms with E-state index in [9.17, 15) is 34.8 Å². The molecule has 10 heteroatoms. The Balaban J connectivity index is 4.70. The largest absolute Gasteiger partial charge is 0.537 e. The molecule has 0 spiro atoms. The average molecular weight is 218 g/mol. The first-order valence-corrected chi connectivity index (χ1v) is 3.45. The summed E-state index contributed by atoms with van der Waals surface area (Å²) in [6.45, 7) is 0. The summed E-state index contributed by atoms with van der Waals surface area (Å²) in [6.07, 6.45) is -5.87. The monoisotopic (exact) mass is 218 g/mol. The maximum absolute atomic E-state index is 11.2. The molecular weight excluding hydrogens is 218 g/mol. The van der Waals surface area contributed by atoms with Crippen LogP contribution in [-0.4, -0.2) is 20.3 Å². The van der Waals surface area contributed by atoms with Gasteiger partial charge in [-0.1, -0.05) is 0 Å². The summed E-state index contributed by atoms with van der Waals surface area (Å²) < 4.78 is 87.4. The van der Waals surface area contributed by atoms with Gasteiger partial charge in [0.1, 0.15) is 0 Å². The lowest BCUT2D eigenvalue weighted by molar-refractivity contribution is -0.277. The summed E-state index contributed by atoms with van der Waals surface area (Å²) in [4.78, 5) is 0. The fraction of sp³-hybridized carbons (Fsp3) is 1.00. The zero-order chi connectivity index (χ0) is 10.2. The van der Waals surface area contributed by atoms with Gasteiger partial charge in [-0.25, -0.2) is 0 Å². The second-order valence-electron chi connectivity index (χ2n) is 1.43. The second kappa shape index (κ2) is 2.76. The molecule has 0 aliphatic rings. The van der Waals surface area contributed by atoms with Gasteiger partial charge in [-0.3, -0.25) is 0 Å². The van der Waals surface area contributed by atoms with Crippen LogP contribution in [0.15, 0.2) is 0 Å². The van der Waals surface area contributed by atoms with Crippen LogP contribution < -0.4 is 0 Å². The summed E-state index contributed by atoms with van der Waals surface area (Å²) in [6, 6.07) is 0. The van der Waals surface area contributed by atoms with E-state index in [0.717, 1.165) is 0 Å². The third-order valence-corrected chi connectivity index (χ3v) is 1.46. The molecule has 0 aromatic rings. The molecule has 0 bridgehead atoms. The number of rotatable bonds is 1. The van der Waals surface area contributed by atoms with Crippen LogP contribution in [0.2, 0.25) is 0 Å². The highest BCUT2D eigenvalue weighted by Gasteiger charge is 2.53. The van der Waals surface area contributed by atoms with E-state index < -0.39 is 22.0 Å². The van der Waals surface area contributed by atoms with Gasteiger partial charge in [0.05, 0.1) is 0 Å². The lowest BCUT2D eigenvalue weighted by atomic mass is 11.4. The van der Waals surface area contributed by atoms with Crippen molar-refractivity contribution >= 4 is 10.1 Å². The van der Waals surface area contributed by atoms with Crippen molar-refractivity contribution in [2.75, 3.05) is 0 Å². The molecule has 0 aliphatic heterocycles. The molecule has 0 radical (unpaired) electrons. The minimum absolute atomic E-state index is 1.84. The van der Waals surface area contributed by atoms with Crippen molar-refractivity contribution in [3.8, 4) is 0 Å². The van der Waals surface area contributed by atoms with E-state index in [0.29, 0.717) is 0 Å². The second-order valence-corrected chi connectivity index (χ2v) is 2.97. The molecule has 0 fully saturated rings. The normalized spacial score (nSPS) is 14.8. The maximum atomic E-state index is 11.2. The Bertz CT molecular complexity index is 245. The van der Waals surface area contributed by atoms with Crippen molar-refractivity contribution in [3.63, 3.8) is 0 Å². The summed E-state index contributed by atoms with van der Waals surface area (Å²) in [5, 5.41) is 0. The highest BCUT2D eigenvalue weighted by atomic mass is 32.2. The van der Waals surface area contributed by atoms with Gasteiger partial charge in [0.2, 0.25) is 0 Å². The number of hydrogen-bond donors (Lipinski definition) is 0. The van der Waals surface area contributed by atoms with Crippen LogP contribution in [-0.2, 0) is 14.3 Å². The summed E-state index contributed by atoms with van der Waals surface area (Å²) >= 11 is 0. The van der Waals surface area contributed by atoms with Gasteiger partial charge in [-0.15, -0.1) is 13.2 Å². The van der Waals surface area contributed by atoms with Gasteiger partial charge < -0.3 is 0 Å². The van der Waals surface area contributed by atoms with Crippen LogP contribution in [0.4, 0.5) is 26.3 Å². The molecule has 74 valence electrons. The van der Waals surface area contributed by atoms with Crippen molar-refractivity contribution in [1.29, 1.82) is 0 Å². The molecule has 0 heterocycles. The van der Waals surface area contributed by atoms with Crippen molar-refractivity contribution in [1.82, 2.24) is 0 Å². The molecule has 0 aromatic carbocycles. The molecule has 0 amide bonds. The minimum Gasteiger partial charge on any atom is -0.189 e. The van der Waals surface area contributed by atoms with Crippen LogP contribution in [0.3, 0.4) is 0 Å². The molecule has 0 saturated carbocycles. The molecular formula is C2F6O3S.